The van der Waals surface area contributed by atoms with Crippen LogP contribution in [0.3, 0.4) is 0 Å². The summed E-state index contributed by atoms with van der Waals surface area (Å²) in [6.07, 6.45) is 3.59. The lowest BCUT2D eigenvalue weighted by Gasteiger charge is -2.41. The number of rotatable bonds is 8. The lowest BCUT2D eigenvalue weighted by molar-refractivity contribution is 0.0954. The Labute approximate surface area is 195 Å². The summed E-state index contributed by atoms with van der Waals surface area (Å²) in [7, 11) is 0. The van der Waals surface area contributed by atoms with Gasteiger partial charge in [0.05, 0.1) is 6.54 Å². The molecule has 0 aliphatic heterocycles. The second kappa shape index (κ2) is 11.8. The van der Waals surface area contributed by atoms with Crippen LogP contribution in [0, 0.1) is 0 Å². The van der Waals surface area contributed by atoms with E-state index in [4.69, 9.17) is 4.99 Å². The number of nitrogens with zero attached hydrogens (tertiary/aromatic N) is 1. The summed E-state index contributed by atoms with van der Waals surface area (Å²) in [6.45, 7) is 4.64. The van der Waals surface area contributed by atoms with E-state index in [0.717, 1.165) is 19.0 Å². The summed E-state index contributed by atoms with van der Waals surface area (Å²) in [5, 5.41) is 18.7. The molecular formula is C23H31IN4O2. The van der Waals surface area contributed by atoms with Gasteiger partial charge < -0.3 is 21.1 Å². The Morgan fingerprint density at radius 2 is 1.67 bits per heavy atom. The van der Waals surface area contributed by atoms with E-state index in [1.807, 2.05) is 6.92 Å². The van der Waals surface area contributed by atoms with Crippen LogP contribution >= 0.6 is 24.0 Å². The van der Waals surface area contributed by atoms with Gasteiger partial charge in [-0.2, -0.15) is 0 Å². The largest absolute Gasteiger partial charge is 0.508 e. The van der Waals surface area contributed by atoms with E-state index < -0.39 is 0 Å². The number of amides is 1. The zero-order valence-corrected chi connectivity index (χ0v) is 19.7. The number of benzene rings is 2. The SMILES string of the molecule is CCNC(=NCC1(c2ccccc2)CCC1)NCCNC(=O)c1ccc(O)cc1.I. The van der Waals surface area contributed by atoms with E-state index in [1.165, 1.54) is 37.0 Å². The Bertz CT molecular complexity index is 821. The van der Waals surface area contributed by atoms with Crippen molar-refractivity contribution in [2.24, 2.45) is 4.99 Å². The molecule has 1 amide bonds. The first kappa shape index (κ1) is 24.0. The average molecular weight is 522 g/mol. The average Bonchev–Trinajstić information content (AvgIpc) is 2.71. The van der Waals surface area contributed by atoms with Crippen LogP contribution in [0.5, 0.6) is 5.75 Å². The highest BCUT2D eigenvalue weighted by atomic mass is 127. The summed E-state index contributed by atoms with van der Waals surface area (Å²) in [6, 6.07) is 16.9. The lowest BCUT2D eigenvalue weighted by atomic mass is 9.64. The number of halogens is 1. The smallest absolute Gasteiger partial charge is 0.251 e. The van der Waals surface area contributed by atoms with Crippen LogP contribution < -0.4 is 16.0 Å². The quantitative estimate of drug-likeness (QED) is 0.185. The van der Waals surface area contributed by atoms with E-state index in [9.17, 15) is 9.90 Å². The second-order valence-electron chi connectivity index (χ2n) is 7.42. The van der Waals surface area contributed by atoms with Crippen molar-refractivity contribution < 1.29 is 9.90 Å². The minimum absolute atomic E-state index is 0. The molecule has 30 heavy (non-hydrogen) atoms. The number of hydrogen-bond acceptors (Lipinski definition) is 3. The van der Waals surface area contributed by atoms with Gasteiger partial charge in [0.25, 0.3) is 5.91 Å². The molecule has 0 radical (unpaired) electrons. The molecule has 2 aromatic carbocycles. The van der Waals surface area contributed by atoms with Crippen molar-refractivity contribution in [3.8, 4) is 5.75 Å². The van der Waals surface area contributed by atoms with Crippen LogP contribution in [0.25, 0.3) is 0 Å². The van der Waals surface area contributed by atoms with Crippen LogP contribution in [0.2, 0.25) is 0 Å². The van der Waals surface area contributed by atoms with Crippen molar-refractivity contribution in [3.05, 3.63) is 65.7 Å². The molecule has 2 aromatic rings. The second-order valence-corrected chi connectivity index (χ2v) is 7.42. The summed E-state index contributed by atoms with van der Waals surface area (Å²) in [4.78, 5) is 16.9. The molecule has 0 heterocycles. The maximum absolute atomic E-state index is 12.1. The number of carbonyl (C=O) groups excluding carboxylic acids is 1. The Morgan fingerprint density at radius 3 is 2.27 bits per heavy atom. The third kappa shape index (κ3) is 6.35. The minimum Gasteiger partial charge on any atom is -0.508 e. The fraction of sp³-hybridized carbons (Fsp3) is 0.391. The number of hydrogen-bond donors (Lipinski definition) is 4. The number of phenols is 1. The third-order valence-corrected chi connectivity index (χ3v) is 5.41. The zero-order valence-electron chi connectivity index (χ0n) is 17.4. The molecule has 7 heteroatoms. The number of aromatic hydroxyl groups is 1. The summed E-state index contributed by atoms with van der Waals surface area (Å²) >= 11 is 0. The van der Waals surface area contributed by atoms with Crippen molar-refractivity contribution in [2.75, 3.05) is 26.2 Å². The number of aliphatic imine (C=N–C) groups is 1. The highest BCUT2D eigenvalue weighted by Gasteiger charge is 2.38. The standard InChI is InChI=1S/C23H30N4O2.HI/c1-2-24-22(26-16-15-25-21(29)18-9-11-20(28)12-10-18)27-17-23(13-6-14-23)19-7-4-3-5-8-19;/h3-5,7-12,28H,2,6,13-17H2,1H3,(H,25,29)(H2,24,26,27);1H. The number of phenolic OH excluding ortho intramolecular Hbond substituents is 1. The maximum Gasteiger partial charge on any atom is 0.251 e. The highest BCUT2D eigenvalue weighted by molar-refractivity contribution is 14.0. The number of carbonyl (C=O) groups is 1. The van der Waals surface area contributed by atoms with Gasteiger partial charge in [-0.05, 0) is 49.6 Å². The third-order valence-electron chi connectivity index (χ3n) is 5.41. The first-order valence-corrected chi connectivity index (χ1v) is 10.3. The normalized spacial score (nSPS) is 14.8. The molecule has 0 unspecified atom stereocenters. The van der Waals surface area contributed by atoms with Crippen molar-refractivity contribution in [2.45, 2.75) is 31.6 Å². The van der Waals surface area contributed by atoms with Gasteiger partial charge in [0.2, 0.25) is 0 Å². The fourth-order valence-electron chi connectivity index (χ4n) is 3.58. The van der Waals surface area contributed by atoms with E-state index in [1.54, 1.807) is 12.1 Å². The summed E-state index contributed by atoms with van der Waals surface area (Å²) in [5.74, 6) is 0.759. The maximum atomic E-state index is 12.1. The molecule has 1 aliphatic rings. The highest BCUT2D eigenvalue weighted by Crippen LogP contribution is 2.43. The van der Waals surface area contributed by atoms with Crippen LogP contribution in [0.15, 0.2) is 59.6 Å². The van der Waals surface area contributed by atoms with Crippen LogP contribution in [0.1, 0.15) is 42.1 Å². The molecule has 0 spiro atoms. The predicted molar refractivity (Wildman–Crippen MR) is 132 cm³/mol. The van der Waals surface area contributed by atoms with Gasteiger partial charge >= 0.3 is 0 Å². The van der Waals surface area contributed by atoms with Gasteiger partial charge in [0.1, 0.15) is 5.75 Å². The van der Waals surface area contributed by atoms with Gasteiger partial charge in [-0.25, -0.2) is 0 Å². The Kier molecular flexibility index (Phi) is 9.42. The van der Waals surface area contributed by atoms with Gasteiger partial charge in [0.15, 0.2) is 5.96 Å². The van der Waals surface area contributed by atoms with Gasteiger partial charge in [0, 0.05) is 30.6 Å². The van der Waals surface area contributed by atoms with E-state index in [0.29, 0.717) is 18.7 Å². The van der Waals surface area contributed by atoms with Crippen LogP contribution in [-0.2, 0) is 5.41 Å². The number of nitrogens with one attached hydrogen (secondary N) is 3. The van der Waals surface area contributed by atoms with Crippen molar-refractivity contribution in [1.82, 2.24) is 16.0 Å². The molecule has 3 rings (SSSR count). The molecule has 162 valence electrons. The van der Waals surface area contributed by atoms with Crippen molar-refractivity contribution >= 4 is 35.8 Å². The molecule has 1 fully saturated rings. The molecular weight excluding hydrogens is 491 g/mol. The number of guanidine groups is 1. The lowest BCUT2D eigenvalue weighted by Crippen LogP contribution is -2.43. The monoisotopic (exact) mass is 522 g/mol. The molecule has 1 aliphatic carbocycles. The van der Waals surface area contributed by atoms with E-state index in [-0.39, 0.29) is 41.0 Å². The molecule has 4 N–H and O–H groups in total. The zero-order chi connectivity index (χ0) is 20.5. The van der Waals surface area contributed by atoms with E-state index >= 15 is 0 Å². The summed E-state index contributed by atoms with van der Waals surface area (Å²) in [5.41, 5.74) is 2.04. The molecule has 1 saturated carbocycles. The molecule has 0 aromatic heterocycles. The molecule has 6 nitrogen and oxygen atoms in total. The van der Waals surface area contributed by atoms with Crippen LogP contribution in [0.4, 0.5) is 0 Å². The molecule has 0 saturated heterocycles. The van der Waals surface area contributed by atoms with Crippen LogP contribution in [-0.4, -0.2) is 43.2 Å². The first-order valence-electron chi connectivity index (χ1n) is 10.3. The Balaban J connectivity index is 0.00000320. The topological polar surface area (TPSA) is 85.8 Å². The fourth-order valence-corrected chi connectivity index (χ4v) is 3.58. The van der Waals surface area contributed by atoms with Gasteiger partial charge in [-0.3, -0.25) is 9.79 Å². The summed E-state index contributed by atoms with van der Waals surface area (Å²) < 4.78 is 0. The van der Waals surface area contributed by atoms with Crippen molar-refractivity contribution in [3.63, 3.8) is 0 Å². The first-order chi connectivity index (χ1) is 14.1. The predicted octanol–water partition coefficient (Wildman–Crippen LogP) is 3.42. The van der Waals surface area contributed by atoms with Crippen molar-refractivity contribution in [1.29, 1.82) is 0 Å². The van der Waals surface area contributed by atoms with E-state index in [2.05, 4.69) is 46.3 Å². The molecule has 0 bridgehead atoms. The Hall–Kier alpha value is -2.29. The molecule has 0 atom stereocenters. The van der Waals surface area contributed by atoms with Gasteiger partial charge in [-0.1, -0.05) is 36.8 Å². The Morgan fingerprint density at radius 1 is 1.00 bits per heavy atom. The minimum atomic E-state index is -0.161. The van der Waals surface area contributed by atoms with Gasteiger partial charge in [-0.15, -0.1) is 24.0 Å².